The standard InChI is InChI=1S/C13H17N3OS/c1-4-7-14-13-16-15-12(18-13)10-8-9(2)5-6-11(10)17-3/h5-6,8H,4,7H2,1-3H3,(H,14,16). The normalized spacial score (nSPS) is 10.4. The summed E-state index contributed by atoms with van der Waals surface area (Å²) in [6.07, 6.45) is 1.07. The Balaban J connectivity index is 2.30. The summed E-state index contributed by atoms with van der Waals surface area (Å²) in [5, 5.41) is 13.3. The van der Waals surface area contributed by atoms with Crippen molar-refractivity contribution >= 4 is 16.5 Å². The zero-order valence-electron chi connectivity index (χ0n) is 10.9. The minimum absolute atomic E-state index is 0.832. The summed E-state index contributed by atoms with van der Waals surface area (Å²) in [4.78, 5) is 0. The number of ether oxygens (including phenoxy) is 1. The van der Waals surface area contributed by atoms with Crippen LogP contribution in [0.25, 0.3) is 10.6 Å². The quantitative estimate of drug-likeness (QED) is 0.898. The van der Waals surface area contributed by atoms with Crippen molar-refractivity contribution in [1.29, 1.82) is 0 Å². The molecule has 0 aliphatic heterocycles. The van der Waals surface area contributed by atoms with E-state index in [1.165, 1.54) is 5.56 Å². The molecule has 0 atom stereocenters. The Morgan fingerprint density at radius 2 is 2.17 bits per heavy atom. The fourth-order valence-electron chi connectivity index (χ4n) is 1.62. The summed E-state index contributed by atoms with van der Waals surface area (Å²) in [5.41, 5.74) is 2.18. The second-order valence-electron chi connectivity index (χ2n) is 4.04. The Kier molecular flexibility index (Phi) is 4.15. The molecule has 1 heterocycles. The summed E-state index contributed by atoms with van der Waals surface area (Å²) in [6, 6.07) is 6.06. The van der Waals surface area contributed by atoms with Gasteiger partial charge in [0.05, 0.1) is 12.7 Å². The van der Waals surface area contributed by atoms with Crippen LogP contribution in [0.1, 0.15) is 18.9 Å². The van der Waals surface area contributed by atoms with Crippen LogP contribution in [0.2, 0.25) is 0 Å². The molecule has 0 saturated carbocycles. The van der Waals surface area contributed by atoms with Gasteiger partial charge in [-0.25, -0.2) is 0 Å². The number of rotatable bonds is 5. The molecule has 18 heavy (non-hydrogen) atoms. The number of methoxy groups -OCH3 is 1. The molecule has 0 saturated heterocycles. The van der Waals surface area contributed by atoms with Crippen LogP contribution in [-0.2, 0) is 0 Å². The van der Waals surface area contributed by atoms with E-state index in [4.69, 9.17) is 4.74 Å². The Labute approximate surface area is 111 Å². The third-order valence-corrected chi connectivity index (χ3v) is 3.45. The van der Waals surface area contributed by atoms with Gasteiger partial charge in [0.25, 0.3) is 0 Å². The Bertz CT molecular complexity index is 525. The molecule has 0 spiro atoms. The molecule has 0 aliphatic carbocycles. The van der Waals surface area contributed by atoms with E-state index in [9.17, 15) is 0 Å². The van der Waals surface area contributed by atoms with Crippen LogP contribution in [0.3, 0.4) is 0 Å². The highest BCUT2D eigenvalue weighted by molar-refractivity contribution is 7.18. The topological polar surface area (TPSA) is 47.0 Å². The molecular weight excluding hydrogens is 246 g/mol. The molecule has 96 valence electrons. The first-order valence-corrected chi connectivity index (χ1v) is 6.78. The van der Waals surface area contributed by atoms with Crippen LogP contribution in [0.15, 0.2) is 18.2 Å². The first-order chi connectivity index (χ1) is 8.74. The minimum Gasteiger partial charge on any atom is -0.496 e. The minimum atomic E-state index is 0.832. The molecule has 0 amide bonds. The molecule has 1 aromatic heterocycles. The van der Waals surface area contributed by atoms with Gasteiger partial charge in [0, 0.05) is 6.54 Å². The summed E-state index contributed by atoms with van der Waals surface area (Å²) in [6.45, 7) is 5.10. The SMILES string of the molecule is CCCNc1nnc(-c2cc(C)ccc2OC)s1. The lowest BCUT2D eigenvalue weighted by atomic mass is 10.1. The van der Waals surface area contributed by atoms with Crippen molar-refractivity contribution in [3.63, 3.8) is 0 Å². The van der Waals surface area contributed by atoms with Gasteiger partial charge in [-0.05, 0) is 25.5 Å². The summed E-state index contributed by atoms with van der Waals surface area (Å²) >= 11 is 1.55. The molecule has 0 unspecified atom stereocenters. The van der Waals surface area contributed by atoms with E-state index in [0.29, 0.717) is 0 Å². The Morgan fingerprint density at radius 3 is 2.89 bits per heavy atom. The molecule has 0 radical (unpaired) electrons. The van der Waals surface area contributed by atoms with Crippen molar-refractivity contribution in [2.24, 2.45) is 0 Å². The number of aryl methyl sites for hydroxylation is 1. The molecule has 5 heteroatoms. The van der Waals surface area contributed by atoms with Crippen molar-refractivity contribution in [3.8, 4) is 16.3 Å². The number of hydrogen-bond acceptors (Lipinski definition) is 5. The van der Waals surface area contributed by atoms with E-state index in [-0.39, 0.29) is 0 Å². The maximum atomic E-state index is 5.36. The van der Waals surface area contributed by atoms with E-state index in [0.717, 1.165) is 34.4 Å². The fraction of sp³-hybridized carbons (Fsp3) is 0.385. The summed E-state index contributed by atoms with van der Waals surface area (Å²) in [7, 11) is 1.67. The van der Waals surface area contributed by atoms with Gasteiger partial charge in [0.1, 0.15) is 5.75 Å². The number of aromatic nitrogens is 2. The van der Waals surface area contributed by atoms with Crippen LogP contribution in [0.5, 0.6) is 5.75 Å². The fourth-order valence-corrected chi connectivity index (χ4v) is 2.41. The van der Waals surface area contributed by atoms with Crippen molar-refractivity contribution in [3.05, 3.63) is 23.8 Å². The van der Waals surface area contributed by atoms with E-state index in [1.54, 1.807) is 18.4 Å². The van der Waals surface area contributed by atoms with Gasteiger partial charge in [-0.2, -0.15) is 0 Å². The van der Waals surface area contributed by atoms with E-state index in [2.05, 4.69) is 35.4 Å². The zero-order valence-corrected chi connectivity index (χ0v) is 11.7. The number of nitrogens with one attached hydrogen (secondary N) is 1. The lowest BCUT2D eigenvalue weighted by Crippen LogP contribution is -1.98. The maximum Gasteiger partial charge on any atom is 0.206 e. The molecule has 1 aromatic carbocycles. The van der Waals surface area contributed by atoms with Gasteiger partial charge in [-0.1, -0.05) is 29.9 Å². The first kappa shape index (κ1) is 12.8. The van der Waals surface area contributed by atoms with Crippen LogP contribution >= 0.6 is 11.3 Å². The van der Waals surface area contributed by atoms with E-state index in [1.807, 2.05) is 12.1 Å². The second kappa shape index (κ2) is 5.82. The first-order valence-electron chi connectivity index (χ1n) is 5.97. The lowest BCUT2D eigenvalue weighted by molar-refractivity contribution is 0.416. The van der Waals surface area contributed by atoms with E-state index >= 15 is 0 Å². The highest BCUT2D eigenvalue weighted by atomic mass is 32.1. The number of nitrogens with zero attached hydrogens (tertiary/aromatic N) is 2. The van der Waals surface area contributed by atoms with Crippen molar-refractivity contribution in [1.82, 2.24) is 10.2 Å². The summed E-state index contributed by atoms with van der Waals surface area (Å²) in [5.74, 6) is 0.832. The Hall–Kier alpha value is -1.62. The van der Waals surface area contributed by atoms with Gasteiger partial charge in [0.2, 0.25) is 5.13 Å². The average Bonchev–Trinajstić information content (AvgIpc) is 2.85. The van der Waals surface area contributed by atoms with Crippen LogP contribution in [0.4, 0.5) is 5.13 Å². The van der Waals surface area contributed by atoms with Gasteiger partial charge >= 0.3 is 0 Å². The highest BCUT2D eigenvalue weighted by Crippen LogP contribution is 2.34. The zero-order chi connectivity index (χ0) is 13.0. The summed E-state index contributed by atoms with van der Waals surface area (Å²) < 4.78 is 5.36. The predicted molar refractivity (Wildman–Crippen MR) is 75.4 cm³/mol. The maximum absolute atomic E-state index is 5.36. The van der Waals surface area contributed by atoms with Crippen molar-refractivity contribution in [2.75, 3.05) is 19.0 Å². The number of benzene rings is 1. The number of hydrogen-bond donors (Lipinski definition) is 1. The largest absolute Gasteiger partial charge is 0.496 e. The van der Waals surface area contributed by atoms with Gasteiger partial charge in [-0.3, -0.25) is 0 Å². The van der Waals surface area contributed by atoms with Crippen molar-refractivity contribution in [2.45, 2.75) is 20.3 Å². The van der Waals surface area contributed by atoms with Gasteiger partial charge in [-0.15, -0.1) is 10.2 Å². The molecule has 2 aromatic rings. The van der Waals surface area contributed by atoms with Crippen LogP contribution in [0, 0.1) is 6.92 Å². The van der Waals surface area contributed by atoms with Crippen LogP contribution in [-0.4, -0.2) is 23.9 Å². The molecule has 0 aliphatic rings. The van der Waals surface area contributed by atoms with Crippen molar-refractivity contribution < 1.29 is 4.74 Å². The molecule has 4 nitrogen and oxygen atoms in total. The molecule has 0 bridgehead atoms. The lowest BCUT2D eigenvalue weighted by Gasteiger charge is -2.06. The third kappa shape index (κ3) is 2.79. The highest BCUT2D eigenvalue weighted by Gasteiger charge is 2.11. The monoisotopic (exact) mass is 263 g/mol. The van der Waals surface area contributed by atoms with Gasteiger partial charge < -0.3 is 10.1 Å². The van der Waals surface area contributed by atoms with Crippen LogP contribution < -0.4 is 10.1 Å². The van der Waals surface area contributed by atoms with Gasteiger partial charge in [0.15, 0.2) is 5.01 Å². The molecule has 0 fully saturated rings. The molecular formula is C13H17N3OS. The molecule has 1 N–H and O–H groups in total. The van der Waals surface area contributed by atoms with E-state index < -0.39 is 0 Å². The number of anilines is 1. The average molecular weight is 263 g/mol. The predicted octanol–water partition coefficient (Wildman–Crippen LogP) is 3.34. The molecule has 2 rings (SSSR count). The Morgan fingerprint density at radius 1 is 1.33 bits per heavy atom. The third-order valence-electron chi connectivity index (χ3n) is 2.54. The second-order valence-corrected chi connectivity index (χ2v) is 5.02. The smallest absolute Gasteiger partial charge is 0.206 e.